The molecule has 0 saturated heterocycles. The summed E-state index contributed by atoms with van der Waals surface area (Å²) in [5.41, 5.74) is 34.6. The molecule has 0 unspecified atom stereocenters. The van der Waals surface area contributed by atoms with Crippen molar-refractivity contribution >= 4 is 83.2 Å². The number of amides is 1. The summed E-state index contributed by atoms with van der Waals surface area (Å²) in [6, 6.07) is 57.0. The molecule has 0 radical (unpaired) electrons. The lowest BCUT2D eigenvalue weighted by atomic mass is 9.81. The van der Waals surface area contributed by atoms with Gasteiger partial charge >= 0.3 is 12.4 Å². The van der Waals surface area contributed by atoms with Crippen molar-refractivity contribution in [1.29, 1.82) is 0 Å². The quantitative estimate of drug-likeness (QED) is 0.0718. The molecule has 9 heterocycles. The SMILES string of the molecule is CC(=O)N1CC2(CC2)c2ccc(C(C)(C)C)cc21.CC(C)(C)c1ccc2c(C(F)(F)F)c[nH]c2c1.CC(C)(C)c1ccc2c(c1)NCC2.CC(C)(C)c1ccc2c(c1)NCC2(C)C.CC(C)(C)c1ccc2c(c1)NCC21CC1.CC(C)(C)c1ccc2cc(C(F)(F)F)[nH]c2c1.Cc1c[nH]c2cc(C(C)(C)C)ccc12.Cc1cc2c(C(C)(C)C)c[nH]c2cc1C(C)(C)C.Cc1cc2cc[nH]c2cc1C(C)(C)C. The van der Waals surface area contributed by atoms with E-state index in [2.05, 4.69) is 375 Å². The van der Waals surface area contributed by atoms with E-state index in [0.717, 1.165) is 55.3 Å². The van der Waals surface area contributed by atoms with E-state index in [9.17, 15) is 31.1 Å². The van der Waals surface area contributed by atoms with Gasteiger partial charge in [0, 0.05) is 146 Å². The number of aromatic amines is 5. The molecule has 14 aromatic rings. The van der Waals surface area contributed by atoms with Crippen molar-refractivity contribution in [1.82, 2.24) is 24.9 Å². The summed E-state index contributed by atoms with van der Waals surface area (Å²) in [5.74, 6) is 0.172. The van der Waals surface area contributed by atoms with E-state index >= 15 is 0 Å². The first-order valence-electron chi connectivity index (χ1n) is 50.9. The summed E-state index contributed by atoms with van der Waals surface area (Å²) >= 11 is 0. The number of aromatic nitrogens is 5. The normalized spacial score (nSPS) is 15.5. The van der Waals surface area contributed by atoms with Crippen molar-refractivity contribution in [3.05, 3.63) is 294 Å². The van der Waals surface area contributed by atoms with Crippen LogP contribution in [0, 0.1) is 20.8 Å². The molecule has 10 nitrogen and oxygen atoms in total. The number of fused-ring (bicyclic) bond motifs is 11. The van der Waals surface area contributed by atoms with E-state index in [4.69, 9.17) is 0 Å². The molecule has 5 aromatic heterocycles. The number of aryl methyl sites for hydroxylation is 3. The average Bonchev–Trinajstić information content (AvgIpc) is 1.55. The lowest BCUT2D eigenvalue weighted by Gasteiger charge is -2.23. The second-order valence-electron chi connectivity index (χ2n) is 51.9. The first-order chi connectivity index (χ1) is 64.7. The molecule has 758 valence electrons. The van der Waals surface area contributed by atoms with Gasteiger partial charge in [-0.3, -0.25) is 4.79 Å². The maximum atomic E-state index is 12.7. The molecule has 2 spiro atoms. The largest absolute Gasteiger partial charge is 0.431 e. The highest BCUT2D eigenvalue weighted by Crippen LogP contribution is 2.58. The minimum atomic E-state index is -4.32. The molecular weight excluding hydrogens is 1760 g/mol. The number of nitrogens with zero attached hydrogens (tertiary/aromatic N) is 1. The van der Waals surface area contributed by atoms with E-state index in [0.29, 0.717) is 27.2 Å². The Balaban J connectivity index is 0.000000142. The number of anilines is 4. The van der Waals surface area contributed by atoms with Crippen LogP contribution in [-0.2, 0) is 94.0 Å². The van der Waals surface area contributed by atoms with Crippen LogP contribution < -0.4 is 20.9 Å². The molecule has 0 atom stereocenters. The molecule has 2 saturated carbocycles. The van der Waals surface area contributed by atoms with Crippen LogP contribution in [0.4, 0.5) is 49.1 Å². The standard InChI is InChI=1S/C17H25N.C16H21NO.C14H19N.C14H21N.2C13H14F3N.2C13H17N.C12H17N/c1-11-8-12-14(17(5,6)7)10-18-15(12)9-13(11)16(2,3)4;1-11(18)17-10-16(7-8-16)13-6-5-12(9-14(13)17)15(2,3)4;1-13(2,3)10-4-5-11-12(8-10)15-9-14(11)6-7-14;1-13(2,3)10-6-7-11-12(8-10)15-9-14(11,4)5;1-12(2,3)8-4-5-9-10(13(14,15)16)7-17-11(9)6-8;1-12(2,3)9-5-4-8-6-11(13(14,15)16)17-10(8)7-9;1-9-8-14-12-7-10(13(2,3)4)5-6-11(9)12;1-9-7-10-5-6-14-12(10)8-11(9)13(2,3)4;1-12(2,3)10-5-4-9-6-7-13-11(9)8-10/h8-10,18H,1-7H3;5-6,9H,7-8,10H2,1-4H3;4-5,8,15H,6-7,9H2,1-3H3;6-8,15H,9H2,1-5H3;2*4-7,17H,1-3H3;2*5-8,14H,1-4H3;4-5,8,13H,6-7H2,1-3H3. The van der Waals surface area contributed by atoms with E-state index in [1.165, 1.54) is 166 Å². The fourth-order valence-electron chi connectivity index (χ4n) is 19.5. The summed E-state index contributed by atoms with van der Waals surface area (Å²) in [7, 11) is 0. The number of nitrogens with one attached hydrogen (secondary N) is 8. The Morgan fingerprint density at radius 1 is 0.326 bits per heavy atom. The molecule has 141 heavy (non-hydrogen) atoms. The molecule has 20 rings (SSSR count). The minimum absolute atomic E-state index is 0.0717. The smallest absolute Gasteiger partial charge is 0.384 e. The van der Waals surface area contributed by atoms with Gasteiger partial charge in [-0.2, -0.15) is 26.3 Å². The molecular formula is C125H165F6N9O. The third kappa shape index (κ3) is 25.9. The monoisotopic (exact) mass is 1920 g/mol. The van der Waals surface area contributed by atoms with Crippen LogP contribution >= 0.6 is 0 Å². The Bertz CT molecular complexity index is 6690. The van der Waals surface area contributed by atoms with E-state index in [1.807, 2.05) is 58.7 Å². The van der Waals surface area contributed by atoms with Crippen LogP contribution in [0.25, 0.3) is 54.5 Å². The number of halogens is 6. The Morgan fingerprint density at radius 2 is 0.730 bits per heavy atom. The lowest BCUT2D eigenvalue weighted by Crippen LogP contribution is -2.29. The van der Waals surface area contributed by atoms with Gasteiger partial charge in [-0.25, -0.2) is 0 Å². The van der Waals surface area contributed by atoms with Gasteiger partial charge in [0.25, 0.3) is 0 Å². The maximum absolute atomic E-state index is 12.7. The zero-order valence-corrected chi connectivity index (χ0v) is 91.9. The van der Waals surface area contributed by atoms with Gasteiger partial charge < -0.3 is 45.8 Å². The first-order valence-corrected chi connectivity index (χ1v) is 50.9. The number of rotatable bonds is 0. The van der Waals surface area contributed by atoms with Crippen LogP contribution in [0.15, 0.2) is 189 Å². The molecule has 4 aliphatic heterocycles. The second-order valence-corrected chi connectivity index (χ2v) is 51.9. The van der Waals surface area contributed by atoms with Gasteiger partial charge in [0.1, 0.15) is 5.69 Å². The van der Waals surface area contributed by atoms with Gasteiger partial charge in [0.05, 0.1) is 5.56 Å². The number of hydrogen-bond donors (Lipinski definition) is 8. The highest BCUT2D eigenvalue weighted by molar-refractivity contribution is 5.96. The fraction of sp³-hybridized carbons (Fsp3) is 0.480. The summed E-state index contributed by atoms with van der Waals surface area (Å²) < 4.78 is 75.6. The molecule has 16 heteroatoms. The van der Waals surface area contributed by atoms with Crippen molar-refractivity contribution < 1.29 is 31.1 Å². The van der Waals surface area contributed by atoms with Crippen molar-refractivity contribution in [2.75, 3.05) is 47.0 Å². The van der Waals surface area contributed by atoms with Crippen LogP contribution in [-0.4, -0.2) is 57.0 Å². The molecule has 6 aliphatic rings. The Labute approximate surface area is 839 Å². The van der Waals surface area contributed by atoms with E-state index < -0.39 is 23.6 Å². The molecule has 8 N–H and O–H groups in total. The van der Waals surface area contributed by atoms with E-state index in [1.54, 1.807) is 36.8 Å². The Morgan fingerprint density at radius 3 is 1.23 bits per heavy atom. The van der Waals surface area contributed by atoms with Crippen molar-refractivity contribution in [2.24, 2.45) is 0 Å². The number of H-pyrrole nitrogens is 5. The fourth-order valence-corrected chi connectivity index (χ4v) is 19.5. The third-order valence-corrected chi connectivity index (χ3v) is 29.1. The summed E-state index contributed by atoms with van der Waals surface area (Å²) in [4.78, 5) is 28.9. The average molecular weight is 1920 g/mol. The van der Waals surface area contributed by atoms with Crippen molar-refractivity contribution in [2.45, 2.75) is 364 Å². The number of hydrogen-bond acceptors (Lipinski definition) is 4. The first kappa shape index (κ1) is 109. The Kier molecular flexibility index (Phi) is 30.4. The highest BCUT2D eigenvalue weighted by Gasteiger charge is 2.53. The summed E-state index contributed by atoms with van der Waals surface area (Å²) in [5, 5.41) is 15.3. The second kappa shape index (κ2) is 39.3. The van der Waals surface area contributed by atoms with Crippen molar-refractivity contribution in [3.8, 4) is 0 Å². The molecule has 9 aromatic carbocycles. The number of carbonyl (C=O) groups is 1. The van der Waals surface area contributed by atoms with Crippen LogP contribution in [0.5, 0.6) is 0 Å². The van der Waals surface area contributed by atoms with E-state index in [-0.39, 0.29) is 70.9 Å². The number of alkyl halides is 6. The van der Waals surface area contributed by atoms with Gasteiger partial charge in [-0.15, -0.1) is 0 Å². The molecule has 2 aliphatic carbocycles. The predicted molar refractivity (Wildman–Crippen MR) is 591 cm³/mol. The summed E-state index contributed by atoms with van der Waals surface area (Å²) in [6.45, 7) is 83.3. The van der Waals surface area contributed by atoms with Crippen LogP contribution in [0.1, 0.15) is 360 Å². The van der Waals surface area contributed by atoms with Gasteiger partial charge in [0.2, 0.25) is 5.91 Å². The van der Waals surface area contributed by atoms with Crippen LogP contribution in [0.2, 0.25) is 0 Å². The molecule has 1 amide bonds. The molecule has 0 bridgehead atoms. The van der Waals surface area contributed by atoms with Gasteiger partial charge in [0.15, 0.2) is 0 Å². The third-order valence-electron chi connectivity index (χ3n) is 29.1. The maximum Gasteiger partial charge on any atom is 0.431 e. The number of carbonyl (C=O) groups excluding carboxylic acids is 1. The molecule has 2 fully saturated rings. The minimum Gasteiger partial charge on any atom is -0.384 e. The lowest BCUT2D eigenvalue weighted by molar-refractivity contribution is -0.140. The van der Waals surface area contributed by atoms with Gasteiger partial charge in [-0.05, 0) is 286 Å². The highest BCUT2D eigenvalue weighted by atomic mass is 19.4. The zero-order valence-electron chi connectivity index (χ0n) is 91.9. The van der Waals surface area contributed by atoms with Crippen molar-refractivity contribution in [3.63, 3.8) is 0 Å². The predicted octanol–water partition coefficient (Wildman–Crippen LogP) is 35.1. The zero-order chi connectivity index (χ0) is 105. The summed E-state index contributed by atoms with van der Waals surface area (Å²) in [6.07, 6.45) is 5.03. The Hall–Kier alpha value is -10.9. The number of benzene rings is 9. The van der Waals surface area contributed by atoms with Gasteiger partial charge in [-0.1, -0.05) is 306 Å². The van der Waals surface area contributed by atoms with Crippen LogP contribution in [0.3, 0.4) is 0 Å². The topological polar surface area (TPSA) is 135 Å².